The van der Waals surface area contributed by atoms with Crippen LogP contribution in [0.15, 0.2) is 24.3 Å². The molecule has 0 rings (SSSR count). The number of amides is 1. The van der Waals surface area contributed by atoms with Crippen LogP contribution in [0.2, 0.25) is 0 Å². The van der Waals surface area contributed by atoms with Gasteiger partial charge in [0, 0.05) is 12.8 Å². The minimum Gasteiger partial charge on any atom is -0.466 e. The van der Waals surface area contributed by atoms with Crippen molar-refractivity contribution in [1.29, 1.82) is 0 Å². The van der Waals surface area contributed by atoms with Gasteiger partial charge in [-0.2, -0.15) is 0 Å². The Morgan fingerprint density at radius 1 is 0.370 bits per heavy atom. The van der Waals surface area contributed by atoms with Gasteiger partial charge in [-0.05, 0) is 57.8 Å². The summed E-state index contributed by atoms with van der Waals surface area (Å²) in [6.07, 6.45) is 77.9. The number of esters is 1. The summed E-state index contributed by atoms with van der Waals surface area (Å²) in [4.78, 5) is 24.6. The number of aliphatic hydroxyl groups is 2. The molecule has 2 atom stereocenters. The Kier molecular flexibility index (Phi) is 61.4. The number of carbonyl (C=O) groups is 2. The Morgan fingerprint density at radius 3 is 0.973 bits per heavy atom. The van der Waals surface area contributed by atoms with Crippen LogP contribution in [0.1, 0.15) is 367 Å². The third-order valence-corrected chi connectivity index (χ3v) is 15.5. The zero-order valence-electron chi connectivity index (χ0n) is 49.4. The zero-order chi connectivity index (χ0) is 52.9. The molecule has 0 spiro atoms. The Balaban J connectivity index is 3.44. The first kappa shape index (κ1) is 71.3. The van der Waals surface area contributed by atoms with Gasteiger partial charge >= 0.3 is 5.97 Å². The second kappa shape index (κ2) is 62.9. The van der Waals surface area contributed by atoms with E-state index in [1.54, 1.807) is 6.08 Å². The van der Waals surface area contributed by atoms with Gasteiger partial charge in [0.15, 0.2) is 0 Å². The average molecular weight is 1030 g/mol. The van der Waals surface area contributed by atoms with Crippen molar-refractivity contribution in [3.8, 4) is 0 Å². The average Bonchev–Trinajstić information content (AvgIpc) is 3.39. The fourth-order valence-electron chi connectivity index (χ4n) is 10.4. The number of unbranched alkanes of at least 4 members (excludes halogenated alkanes) is 49. The number of carbonyl (C=O) groups excluding carboxylic acids is 2. The van der Waals surface area contributed by atoms with Crippen molar-refractivity contribution in [3.05, 3.63) is 24.3 Å². The molecule has 432 valence electrons. The van der Waals surface area contributed by atoms with Crippen LogP contribution in [0.4, 0.5) is 0 Å². The number of allylic oxidation sites excluding steroid dienone is 3. The molecule has 0 fully saturated rings. The molecule has 0 aliphatic carbocycles. The van der Waals surface area contributed by atoms with E-state index in [-0.39, 0.29) is 18.5 Å². The first-order valence-corrected chi connectivity index (χ1v) is 33.1. The van der Waals surface area contributed by atoms with Crippen LogP contribution in [0.25, 0.3) is 0 Å². The Hall–Kier alpha value is -1.66. The number of rotatable bonds is 62. The molecule has 0 radical (unpaired) electrons. The predicted octanol–water partition coefficient (Wildman–Crippen LogP) is 21.0. The summed E-state index contributed by atoms with van der Waals surface area (Å²) in [6.45, 7) is 4.92. The van der Waals surface area contributed by atoms with E-state index < -0.39 is 12.1 Å². The van der Waals surface area contributed by atoms with E-state index in [0.717, 1.165) is 44.9 Å². The summed E-state index contributed by atoms with van der Waals surface area (Å²) >= 11 is 0. The van der Waals surface area contributed by atoms with Gasteiger partial charge in [0.05, 0.1) is 25.4 Å². The molecule has 0 aromatic rings. The molecule has 6 heteroatoms. The second-order valence-corrected chi connectivity index (χ2v) is 22.8. The van der Waals surface area contributed by atoms with Gasteiger partial charge in [0.1, 0.15) is 0 Å². The predicted molar refractivity (Wildman–Crippen MR) is 320 cm³/mol. The standard InChI is InChI=1S/C67H129NO5/c1-3-5-7-9-11-13-15-17-19-21-23-24-25-26-27-31-35-39-43-47-51-55-59-65(70)64(63-69)68-66(71)60-56-52-48-44-40-36-32-29-30-34-38-42-46-50-54-58-62-73-67(72)61-57-53-49-45-41-37-33-28-22-20-18-16-14-12-10-8-6-4-2/h20,22,55,59,64-65,69-70H,3-19,21,23-54,56-58,60-63H2,1-2H3,(H,68,71)/b22-20-,59-55+. The van der Waals surface area contributed by atoms with Crippen LogP contribution in [0.5, 0.6) is 0 Å². The van der Waals surface area contributed by atoms with Gasteiger partial charge < -0.3 is 20.3 Å². The van der Waals surface area contributed by atoms with Crippen molar-refractivity contribution < 1.29 is 24.5 Å². The zero-order valence-corrected chi connectivity index (χ0v) is 49.4. The van der Waals surface area contributed by atoms with E-state index in [2.05, 4.69) is 31.3 Å². The topological polar surface area (TPSA) is 95.9 Å². The molecule has 0 aliphatic heterocycles. The highest BCUT2D eigenvalue weighted by atomic mass is 16.5. The third kappa shape index (κ3) is 59.4. The number of aliphatic hydroxyl groups excluding tert-OH is 2. The molecule has 3 N–H and O–H groups in total. The first-order valence-electron chi connectivity index (χ1n) is 33.1. The van der Waals surface area contributed by atoms with Gasteiger partial charge in [-0.15, -0.1) is 0 Å². The molecular weight excluding hydrogens is 899 g/mol. The van der Waals surface area contributed by atoms with Gasteiger partial charge in [0.2, 0.25) is 5.91 Å². The lowest BCUT2D eigenvalue weighted by Gasteiger charge is -2.20. The highest BCUT2D eigenvalue weighted by Crippen LogP contribution is 2.18. The van der Waals surface area contributed by atoms with Crippen molar-refractivity contribution >= 4 is 11.9 Å². The van der Waals surface area contributed by atoms with Gasteiger partial charge in [-0.25, -0.2) is 0 Å². The van der Waals surface area contributed by atoms with Crippen molar-refractivity contribution in [2.75, 3.05) is 13.2 Å². The van der Waals surface area contributed by atoms with Crippen molar-refractivity contribution in [2.24, 2.45) is 0 Å². The van der Waals surface area contributed by atoms with Crippen LogP contribution >= 0.6 is 0 Å². The number of nitrogens with one attached hydrogen (secondary N) is 1. The van der Waals surface area contributed by atoms with Crippen LogP contribution in [0, 0.1) is 0 Å². The molecule has 0 saturated heterocycles. The van der Waals surface area contributed by atoms with Crippen LogP contribution in [-0.4, -0.2) is 47.4 Å². The van der Waals surface area contributed by atoms with E-state index in [1.807, 2.05) is 6.08 Å². The van der Waals surface area contributed by atoms with Crippen LogP contribution in [0.3, 0.4) is 0 Å². The summed E-state index contributed by atoms with van der Waals surface area (Å²) in [5, 5.41) is 23.2. The maximum atomic E-state index is 12.5. The number of hydrogen-bond donors (Lipinski definition) is 3. The minimum atomic E-state index is -0.850. The molecule has 6 nitrogen and oxygen atoms in total. The van der Waals surface area contributed by atoms with E-state index in [0.29, 0.717) is 19.4 Å². The van der Waals surface area contributed by atoms with Crippen LogP contribution < -0.4 is 5.32 Å². The molecule has 73 heavy (non-hydrogen) atoms. The molecule has 0 aromatic carbocycles. The van der Waals surface area contributed by atoms with Crippen molar-refractivity contribution in [3.63, 3.8) is 0 Å². The molecule has 0 saturated carbocycles. The monoisotopic (exact) mass is 1030 g/mol. The highest BCUT2D eigenvalue weighted by Gasteiger charge is 2.18. The summed E-state index contributed by atoms with van der Waals surface area (Å²) in [5.74, 6) is -0.0709. The SMILES string of the molecule is CCCCCCCCC/C=C\CCCCCCCCCC(=O)OCCCCCCCCCCCCCCCCCCC(=O)NC(CO)C(O)/C=C/CCCCCCCCCCCCCCCCCCCCCC. The molecule has 0 aliphatic rings. The Bertz CT molecular complexity index is 1140. The van der Waals surface area contributed by atoms with Crippen molar-refractivity contribution in [1.82, 2.24) is 5.32 Å². The lowest BCUT2D eigenvalue weighted by atomic mass is 10.0. The number of hydrogen-bond acceptors (Lipinski definition) is 5. The van der Waals surface area contributed by atoms with Gasteiger partial charge in [0.25, 0.3) is 0 Å². The Labute approximate surface area is 456 Å². The maximum Gasteiger partial charge on any atom is 0.305 e. The normalized spacial score (nSPS) is 12.7. The van der Waals surface area contributed by atoms with Crippen molar-refractivity contribution in [2.45, 2.75) is 379 Å². The van der Waals surface area contributed by atoms with Crippen LogP contribution in [-0.2, 0) is 14.3 Å². The first-order chi connectivity index (χ1) is 36.0. The van der Waals surface area contributed by atoms with E-state index in [4.69, 9.17) is 4.74 Å². The summed E-state index contributed by atoms with van der Waals surface area (Å²) in [5.41, 5.74) is 0. The Morgan fingerprint density at radius 2 is 0.644 bits per heavy atom. The summed E-state index contributed by atoms with van der Waals surface area (Å²) < 4.78 is 5.49. The third-order valence-electron chi connectivity index (χ3n) is 15.5. The quantitative estimate of drug-likeness (QED) is 0.0320. The highest BCUT2D eigenvalue weighted by molar-refractivity contribution is 5.76. The van der Waals surface area contributed by atoms with E-state index in [9.17, 15) is 19.8 Å². The van der Waals surface area contributed by atoms with E-state index in [1.165, 1.54) is 295 Å². The van der Waals surface area contributed by atoms with E-state index >= 15 is 0 Å². The molecule has 1 amide bonds. The number of ether oxygens (including phenoxy) is 1. The largest absolute Gasteiger partial charge is 0.466 e. The maximum absolute atomic E-state index is 12.5. The molecular formula is C67H129NO5. The summed E-state index contributed by atoms with van der Waals surface area (Å²) in [7, 11) is 0. The second-order valence-electron chi connectivity index (χ2n) is 22.8. The van der Waals surface area contributed by atoms with Gasteiger partial charge in [-0.3, -0.25) is 9.59 Å². The van der Waals surface area contributed by atoms with Gasteiger partial charge in [-0.1, -0.05) is 321 Å². The molecule has 0 aromatic heterocycles. The molecule has 0 heterocycles. The fraction of sp³-hybridized carbons (Fsp3) is 0.910. The fourth-order valence-corrected chi connectivity index (χ4v) is 10.4. The lowest BCUT2D eigenvalue weighted by Crippen LogP contribution is -2.45. The summed E-state index contributed by atoms with van der Waals surface area (Å²) in [6, 6.07) is -0.634. The molecule has 0 bridgehead atoms. The molecule has 2 unspecified atom stereocenters. The smallest absolute Gasteiger partial charge is 0.305 e. The lowest BCUT2D eigenvalue weighted by molar-refractivity contribution is -0.143. The minimum absolute atomic E-state index is 0.000193.